The quantitative estimate of drug-likeness (QED) is 0.390. The summed E-state index contributed by atoms with van der Waals surface area (Å²) in [6, 6.07) is 4.53. The normalized spacial score (nSPS) is 16.3. The van der Waals surface area contributed by atoms with Gasteiger partial charge < -0.3 is 9.42 Å². The van der Waals surface area contributed by atoms with Crippen LogP contribution in [0.4, 0.5) is 0 Å². The summed E-state index contributed by atoms with van der Waals surface area (Å²) in [5.41, 5.74) is 0.344. The van der Waals surface area contributed by atoms with Gasteiger partial charge in [-0.05, 0) is 24.5 Å². The molecule has 1 aromatic rings. The first-order valence-electron chi connectivity index (χ1n) is 6.78. The Morgan fingerprint density at radius 3 is 2.48 bits per heavy atom. The first kappa shape index (κ1) is 21.0. The topological polar surface area (TPSA) is 89.9 Å². The Bertz CT molecular complexity index is 690. The van der Waals surface area contributed by atoms with Gasteiger partial charge in [0, 0.05) is 5.25 Å². The molecular weight excluding hydrogens is 383 g/mol. The number of hydrogen-bond acceptors (Lipinski definition) is 6. The van der Waals surface area contributed by atoms with Gasteiger partial charge in [-0.25, -0.2) is 0 Å². The molecular formula is C13H20ClO6PS2. The van der Waals surface area contributed by atoms with E-state index in [4.69, 9.17) is 20.3 Å². The summed E-state index contributed by atoms with van der Waals surface area (Å²) in [7, 11) is -8.51. The van der Waals surface area contributed by atoms with Gasteiger partial charge in [0.25, 0.3) is 10.1 Å². The van der Waals surface area contributed by atoms with E-state index < -0.39 is 29.3 Å². The zero-order valence-corrected chi connectivity index (χ0v) is 16.3. The molecule has 0 aliphatic heterocycles. The van der Waals surface area contributed by atoms with E-state index in [1.807, 2.05) is 0 Å². The van der Waals surface area contributed by atoms with Crippen molar-refractivity contribution in [1.29, 1.82) is 0 Å². The molecule has 132 valence electrons. The molecule has 0 amide bonds. The van der Waals surface area contributed by atoms with E-state index >= 15 is 0 Å². The molecule has 0 aliphatic rings. The lowest BCUT2D eigenvalue weighted by molar-refractivity contribution is 0.209. The van der Waals surface area contributed by atoms with Crippen molar-refractivity contribution < 1.29 is 26.6 Å². The van der Waals surface area contributed by atoms with E-state index in [0.717, 1.165) is 0 Å². The molecule has 1 N–H and O–H groups in total. The zero-order chi connectivity index (χ0) is 17.8. The van der Waals surface area contributed by atoms with Gasteiger partial charge in [0.05, 0.1) is 11.6 Å². The van der Waals surface area contributed by atoms with Gasteiger partial charge in [-0.2, -0.15) is 21.0 Å². The Morgan fingerprint density at radius 2 is 1.96 bits per heavy atom. The van der Waals surface area contributed by atoms with Crippen LogP contribution in [0.1, 0.15) is 31.6 Å². The van der Waals surface area contributed by atoms with Crippen LogP contribution in [0.5, 0.6) is 0 Å². The van der Waals surface area contributed by atoms with Crippen molar-refractivity contribution in [1.82, 2.24) is 0 Å². The van der Waals surface area contributed by atoms with Gasteiger partial charge in [0.2, 0.25) is 0 Å². The van der Waals surface area contributed by atoms with E-state index in [1.165, 1.54) is 6.07 Å². The van der Waals surface area contributed by atoms with Gasteiger partial charge in [0.1, 0.15) is 4.90 Å². The Hall–Kier alpha value is -0.0800. The van der Waals surface area contributed by atoms with Crippen LogP contribution in [0.25, 0.3) is 0 Å². The van der Waals surface area contributed by atoms with E-state index in [1.54, 1.807) is 32.9 Å². The maximum atomic E-state index is 12.3. The maximum Gasteiger partial charge on any atom is 0.355 e. The van der Waals surface area contributed by atoms with E-state index in [2.05, 4.69) is 12.6 Å². The fourth-order valence-electron chi connectivity index (χ4n) is 1.62. The third kappa shape index (κ3) is 6.38. The van der Waals surface area contributed by atoms with Crippen molar-refractivity contribution in [3.8, 4) is 0 Å². The third-order valence-corrected chi connectivity index (χ3v) is 5.95. The SMILES string of the molecule is CC(C)COP(=O)(O)COS(=O)(=O)c1c(Cl)cccc1C(C)S. The highest BCUT2D eigenvalue weighted by molar-refractivity contribution is 7.87. The largest absolute Gasteiger partial charge is 0.355 e. The van der Waals surface area contributed by atoms with Gasteiger partial charge in [-0.1, -0.05) is 37.6 Å². The molecule has 2 unspecified atom stereocenters. The predicted octanol–water partition coefficient (Wildman–Crippen LogP) is 3.85. The number of halogens is 1. The fourth-order valence-corrected chi connectivity index (χ4v) is 5.04. The van der Waals surface area contributed by atoms with Crippen molar-refractivity contribution >= 4 is 41.9 Å². The maximum absolute atomic E-state index is 12.3. The summed E-state index contributed by atoms with van der Waals surface area (Å²) in [6.07, 6.45) is -0.979. The minimum atomic E-state index is -4.33. The molecule has 0 bridgehead atoms. The molecule has 0 spiro atoms. The van der Waals surface area contributed by atoms with Crippen LogP contribution in [-0.4, -0.2) is 26.3 Å². The average molecular weight is 403 g/mol. The van der Waals surface area contributed by atoms with Gasteiger partial charge in [-0.15, -0.1) is 0 Å². The highest BCUT2D eigenvalue weighted by Gasteiger charge is 2.29. The minimum absolute atomic E-state index is 0.0161. The van der Waals surface area contributed by atoms with Crippen molar-refractivity contribution in [3.05, 3.63) is 28.8 Å². The van der Waals surface area contributed by atoms with Crippen LogP contribution in [0.2, 0.25) is 5.02 Å². The first-order valence-corrected chi connectivity index (χ1v) is 10.8. The fraction of sp³-hybridized carbons (Fsp3) is 0.538. The van der Waals surface area contributed by atoms with Crippen LogP contribution in [-0.2, 0) is 23.4 Å². The summed E-state index contributed by atoms with van der Waals surface area (Å²) < 4.78 is 46.0. The molecule has 0 aromatic heterocycles. The monoisotopic (exact) mass is 402 g/mol. The van der Waals surface area contributed by atoms with Crippen molar-refractivity contribution in [2.24, 2.45) is 5.92 Å². The van der Waals surface area contributed by atoms with Gasteiger partial charge >= 0.3 is 7.60 Å². The van der Waals surface area contributed by atoms with E-state index in [-0.39, 0.29) is 22.4 Å². The first-order chi connectivity index (χ1) is 10.5. The average Bonchev–Trinajstić information content (AvgIpc) is 2.43. The van der Waals surface area contributed by atoms with Gasteiger partial charge in [0.15, 0.2) is 6.35 Å². The van der Waals surface area contributed by atoms with E-state index in [9.17, 15) is 17.9 Å². The smallest absolute Gasteiger partial charge is 0.323 e. The second-order valence-corrected chi connectivity index (χ2v) is 9.89. The zero-order valence-electron chi connectivity index (χ0n) is 13.0. The number of thiol groups is 1. The highest BCUT2D eigenvalue weighted by Crippen LogP contribution is 2.43. The lowest BCUT2D eigenvalue weighted by Crippen LogP contribution is -2.13. The predicted molar refractivity (Wildman–Crippen MR) is 92.6 cm³/mol. The lowest BCUT2D eigenvalue weighted by atomic mass is 10.2. The van der Waals surface area contributed by atoms with E-state index in [0.29, 0.717) is 5.56 Å². The number of hydrogen-bond donors (Lipinski definition) is 2. The molecule has 1 rings (SSSR count). The summed E-state index contributed by atoms with van der Waals surface area (Å²) in [5.74, 6) is 0.0206. The van der Waals surface area contributed by atoms with Crippen molar-refractivity contribution in [2.75, 3.05) is 13.0 Å². The molecule has 1 aromatic carbocycles. The van der Waals surface area contributed by atoms with Crippen molar-refractivity contribution in [3.63, 3.8) is 0 Å². The Morgan fingerprint density at radius 1 is 1.35 bits per heavy atom. The molecule has 0 saturated heterocycles. The van der Waals surface area contributed by atoms with Crippen LogP contribution < -0.4 is 0 Å². The number of rotatable bonds is 8. The summed E-state index contributed by atoms with van der Waals surface area (Å²) in [6.45, 7) is 5.28. The summed E-state index contributed by atoms with van der Waals surface area (Å²) >= 11 is 10.2. The Balaban J connectivity index is 2.99. The standard InChI is InChI=1S/C13H20ClO6PS2/c1-9(2)7-19-21(15,16)8-20-23(17,18)13-11(10(3)22)5-4-6-12(13)14/h4-6,9-10,22H,7-8H2,1-3H3,(H,15,16). The second-order valence-electron chi connectivity index (χ2n) is 5.36. The van der Waals surface area contributed by atoms with Gasteiger partial charge in [-0.3, -0.25) is 8.75 Å². The minimum Gasteiger partial charge on any atom is -0.323 e. The van der Waals surface area contributed by atoms with Crippen LogP contribution in [0, 0.1) is 5.92 Å². The lowest BCUT2D eigenvalue weighted by Gasteiger charge is -2.16. The Kier molecular flexibility index (Phi) is 7.60. The second kappa shape index (κ2) is 8.34. The molecule has 10 heteroatoms. The van der Waals surface area contributed by atoms with Crippen molar-refractivity contribution in [2.45, 2.75) is 30.9 Å². The number of benzene rings is 1. The Labute approximate surface area is 147 Å². The molecule has 23 heavy (non-hydrogen) atoms. The molecule has 0 aliphatic carbocycles. The molecule has 0 radical (unpaired) electrons. The molecule has 0 saturated carbocycles. The molecule has 0 fully saturated rings. The van der Waals surface area contributed by atoms with Crippen LogP contribution in [0.15, 0.2) is 23.1 Å². The summed E-state index contributed by atoms with van der Waals surface area (Å²) in [5, 5.41) is -0.459. The summed E-state index contributed by atoms with van der Waals surface area (Å²) in [4.78, 5) is 9.36. The molecule has 2 atom stereocenters. The highest BCUT2D eigenvalue weighted by atomic mass is 35.5. The van der Waals surface area contributed by atoms with Crippen LogP contribution >= 0.6 is 31.8 Å². The third-order valence-electron chi connectivity index (χ3n) is 2.68. The molecule has 0 heterocycles. The molecule has 6 nitrogen and oxygen atoms in total. The van der Waals surface area contributed by atoms with Crippen LogP contribution in [0.3, 0.4) is 0 Å².